The van der Waals surface area contributed by atoms with E-state index in [1.807, 2.05) is 29.2 Å². The van der Waals surface area contributed by atoms with Gasteiger partial charge in [-0.3, -0.25) is 4.79 Å². The van der Waals surface area contributed by atoms with Crippen molar-refractivity contribution in [1.82, 2.24) is 9.88 Å². The molecule has 0 radical (unpaired) electrons. The normalized spacial score (nSPS) is 15.9. The number of rotatable bonds is 3. The first-order valence-corrected chi connectivity index (χ1v) is 6.95. The van der Waals surface area contributed by atoms with Crippen molar-refractivity contribution in [2.45, 2.75) is 32.1 Å². The van der Waals surface area contributed by atoms with Gasteiger partial charge in [-0.25, -0.2) is 4.98 Å². The second-order valence-corrected chi connectivity index (χ2v) is 5.02. The van der Waals surface area contributed by atoms with Crippen LogP contribution in [0.3, 0.4) is 0 Å². The summed E-state index contributed by atoms with van der Waals surface area (Å²) in [5.74, 6) is 0.883. The molecule has 0 unspecified atom stereocenters. The molecule has 19 heavy (non-hydrogen) atoms. The van der Waals surface area contributed by atoms with Gasteiger partial charge in [0.1, 0.15) is 5.52 Å². The van der Waals surface area contributed by atoms with Gasteiger partial charge >= 0.3 is 0 Å². The smallest absolute Gasteiger partial charge is 0.223 e. The van der Waals surface area contributed by atoms with E-state index in [1.165, 1.54) is 6.42 Å². The fourth-order valence-electron chi connectivity index (χ4n) is 2.54. The molecule has 1 amide bonds. The number of likely N-dealkylation sites (tertiary alicyclic amines) is 1. The Morgan fingerprint density at radius 2 is 2.00 bits per heavy atom. The quantitative estimate of drug-likeness (QED) is 0.850. The summed E-state index contributed by atoms with van der Waals surface area (Å²) in [7, 11) is 0. The van der Waals surface area contributed by atoms with E-state index < -0.39 is 0 Å². The summed E-state index contributed by atoms with van der Waals surface area (Å²) >= 11 is 0. The number of aromatic nitrogens is 1. The Morgan fingerprint density at radius 3 is 2.79 bits per heavy atom. The summed E-state index contributed by atoms with van der Waals surface area (Å²) in [5, 5.41) is 0. The van der Waals surface area contributed by atoms with Gasteiger partial charge in [-0.15, -0.1) is 0 Å². The van der Waals surface area contributed by atoms with E-state index >= 15 is 0 Å². The van der Waals surface area contributed by atoms with Crippen LogP contribution in [0.15, 0.2) is 28.7 Å². The van der Waals surface area contributed by atoms with Gasteiger partial charge in [-0.1, -0.05) is 12.1 Å². The van der Waals surface area contributed by atoms with Crippen LogP contribution in [0, 0.1) is 0 Å². The number of amides is 1. The molecule has 0 saturated carbocycles. The predicted molar refractivity (Wildman–Crippen MR) is 72.8 cm³/mol. The van der Waals surface area contributed by atoms with Crippen molar-refractivity contribution in [1.29, 1.82) is 0 Å². The number of oxazole rings is 1. The first kappa shape index (κ1) is 12.2. The van der Waals surface area contributed by atoms with Crippen molar-refractivity contribution in [3.8, 4) is 0 Å². The lowest BCUT2D eigenvalue weighted by molar-refractivity contribution is -0.132. The highest BCUT2D eigenvalue weighted by Gasteiger charge is 2.17. The largest absolute Gasteiger partial charge is 0.441 e. The molecular formula is C15H18N2O2. The molecule has 0 atom stereocenters. The van der Waals surface area contributed by atoms with Crippen molar-refractivity contribution in [3.63, 3.8) is 0 Å². The van der Waals surface area contributed by atoms with Gasteiger partial charge in [0.25, 0.3) is 0 Å². The lowest BCUT2D eigenvalue weighted by Crippen LogP contribution is -2.35. The molecule has 4 nitrogen and oxygen atoms in total. The van der Waals surface area contributed by atoms with Gasteiger partial charge in [-0.2, -0.15) is 0 Å². The number of nitrogens with zero attached hydrogens (tertiary/aromatic N) is 2. The maximum atomic E-state index is 12.0. The molecule has 3 rings (SSSR count). The average Bonchev–Trinajstić information content (AvgIpc) is 2.88. The van der Waals surface area contributed by atoms with Crippen LogP contribution in [0.25, 0.3) is 11.1 Å². The van der Waals surface area contributed by atoms with Crippen molar-refractivity contribution in [2.75, 3.05) is 13.1 Å². The second-order valence-electron chi connectivity index (χ2n) is 5.02. The monoisotopic (exact) mass is 258 g/mol. The van der Waals surface area contributed by atoms with Gasteiger partial charge in [0.05, 0.1) is 0 Å². The van der Waals surface area contributed by atoms with E-state index in [4.69, 9.17) is 4.42 Å². The molecular weight excluding hydrogens is 240 g/mol. The van der Waals surface area contributed by atoms with Crippen LogP contribution in [0.5, 0.6) is 0 Å². The van der Waals surface area contributed by atoms with E-state index in [0.717, 1.165) is 37.0 Å². The highest BCUT2D eigenvalue weighted by molar-refractivity contribution is 5.76. The number of aryl methyl sites for hydroxylation is 1. The molecule has 1 saturated heterocycles. The fraction of sp³-hybridized carbons (Fsp3) is 0.467. The van der Waals surface area contributed by atoms with E-state index in [0.29, 0.717) is 18.7 Å². The number of piperidine rings is 1. The number of para-hydroxylation sites is 2. The zero-order chi connectivity index (χ0) is 13.1. The summed E-state index contributed by atoms with van der Waals surface area (Å²) in [6, 6.07) is 7.69. The predicted octanol–water partition coefficient (Wildman–Crippen LogP) is 2.77. The van der Waals surface area contributed by atoms with E-state index in [2.05, 4.69) is 4.98 Å². The summed E-state index contributed by atoms with van der Waals surface area (Å²) in [6.45, 7) is 1.82. The molecule has 0 bridgehead atoms. The summed E-state index contributed by atoms with van der Waals surface area (Å²) in [6.07, 6.45) is 4.59. The molecule has 1 aliphatic heterocycles. The van der Waals surface area contributed by atoms with Crippen molar-refractivity contribution < 1.29 is 9.21 Å². The van der Waals surface area contributed by atoms with Gasteiger partial charge in [-0.05, 0) is 31.4 Å². The SMILES string of the molecule is O=C(CCc1nc2ccccc2o1)N1CCCCC1. The van der Waals surface area contributed by atoms with Crippen LogP contribution < -0.4 is 0 Å². The molecule has 4 heteroatoms. The van der Waals surface area contributed by atoms with Gasteiger partial charge in [0.15, 0.2) is 11.5 Å². The fourth-order valence-corrected chi connectivity index (χ4v) is 2.54. The molecule has 2 heterocycles. The lowest BCUT2D eigenvalue weighted by Gasteiger charge is -2.26. The minimum atomic E-state index is 0.224. The molecule has 100 valence electrons. The molecule has 1 aromatic carbocycles. The Bertz CT molecular complexity index is 537. The zero-order valence-electron chi connectivity index (χ0n) is 11.0. The van der Waals surface area contributed by atoms with E-state index in [9.17, 15) is 4.79 Å². The van der Waals surface area contributed by atoms with E-state index in [1.54, 1.807) is 0 Å². The first-order chi connectivity index (χ1) is 9.33. The molecule has 0 N–H and O–H groups in total. The summed E-state index contributed by atoms with van der Waals surface area (Å²) in [4.78, 5) is 18.4. The number of carbonyl (C=O) groups is 1. The Hall–Kier alpha value is -1.84. The highest BCUT2D eigenvalue weighted by atomic mass is 16.3. The number of fused-ring (bicyclic) bond motifs is 1. The molecule has 1 aliphatic rings. The first-order valence-electron chi connectivity index (χ1n) is 6.95. The molecule has 0 spiro atoms. The van der Waals surface area contributed by atoms with Crippen LogP contribution in [-0.2, 0) is 11.2 Å². The minimum absolute atomic E-state index is 0.224. The van der Waals surface area contributed by atoms with Crippen LogP contribution in [0.1, 0.15) is 31.6 Å². The molecule has 0 aliphatic carbocycles. The topological polar surface area (TPSA) is 46.3 Å². The molecule has 1 fully saturated rings. The van der Waals surface area contributed by atoms with Crippen molar-refractivity contribution in [3.05, 3.63) is 30.2 Å². The van der Waals surface area contributed by atoms with Crippen LogP contribution >= 0.6 is 0 Å². The van der Waals surface area contributed by atoms with Crippen LogP contribution in [0.2, 0.25) is 0 Å². The Kier molecular flexibility index (Phi) is 3.49. The Labute approximate surface area is 112 Å². The number of carbonyl (C=O) groups excluding carboxylic acids is 1. The Morgan fingerprint density at radius 1 is 1.21 bits per heavy atom. The number of hydrogen-bond donors (Lipinski definition) is 0. The van der Waals surface area contributed by atoms with Crippen molar-refractivity contribution in [2.24, 2.45) is 0 Å². The maximum absolute atomic E-state index is 12.0. The lowest BCUT2D eigenvalue weighted by atomic mass is 10.1. The minimum Gasteiger partial charge on any atom is -0.441 e. The van der Waals surface area contributed by atoms with Gasteiger partial charge in [0, 0.05) is 25.9 Å². The van der Waals surface area contributed by atoms with Gasteiger partial charge in [0.2, 0.25) is 5.91 Å². The van der Waals surface area contributed by atoms with Crippen LogP contribution in [-0.4, -0.2) is 28.9 Å². The van der Waals surface area contributed by atoms with Gasteiger partial charge < -0.3 is 9.32 Å². The number of benzene rings is 1. The summed E-state index contributed by atoms with van der Waals surface area (Å²) in [5.41, 5.74) is 1.66. The standard InChI is InChI=1S/C15H18N2O2/c18-15(17-10-4-1-5-11-17)9-8-14-16-12-6-2-3-7-13(12)19-14/h2-3,6-7H,1,4-5,8-11H2. The van der Waals surface area contributed by atoms with Crippen molar-refractivity contribution >= 4 is 17.0 Å². The maximum Gasteiger partial charge on any atom is 0.223 e. The third kappa shape index (κ3) is 2.78. The molecule has 1 aromatic heterocycles. The third-order valence-corrected chi connectivity index (χ3v) is 3.60. The average molecular weight is 258 g/mol. The van der Waals surface area contributed by atoms with Crippen LogP contribution in [0.4, 0.5) is 0 Å². The highest BCUT2D eigenvalue weighted by Crippen LogP contribution is 2.16. The Balaban J connectivity index is 1.60. The number of hydrogen-bond acceptors (Lipinski definition) is 3. The molecule has 2 aromatic rings. The second kappa shape index (κ2) is 5.43. The third-order valence-electron chi connectivity index (χ3n) is 3.60. The summed E-state index contributed by atoms with van der Waals surface area (Å²) < 4.78 is 5.62. The zero-order valence-corrected chi connectivity index (χ0v) is 11.0. The van der Waals surface area contributed by atoms with E-state index in [-0.39, 0.29) is 5.91 Å².